The summed E-state index contributed by atoms with van der Waals surface area (Å²) in [6.45, 7) is 2.30. The Balaban J connectivity index is 1.65. The fourth-order valence-electron chi connectivity index (χ4n) is 2.35. The largest absolute Gasteiger partial charge is 0.447 e. The molecule has 0 atom stereocenters. The summed E-state index contributed by atoms with van der Waals surface area (Å²) in [5.74, 6) is -0.240. The van der Waals surface area contributed by atoms with E-state index in [1.807, 2.05) is 23.8 Å². The number of ether oxygens (including phenoxy) is 2. The van der Waals surface area contributed by atoms with E-state index >= 15 is 0 Å². The number of carbonyl (C=O) groups is 2. The van der Waals surface area contributed by atoms with Gasteiger partial charge < -0.3 is 14.8 Å². The molecule has 0 aliphatic carbocycles. The lowest BCUT2D eigenvalue weighted by Crippen LogP contribution is -2.16. The molecule has 7 nitrogen and oxygen atoms in total. The van der Waals surface area contributed by atoms with E-state index in [1.165, 1.54) is 18.4 Å². The van der Waals surface area contributed by atoms with E-state index < -0.39 is 6.09 Å². The van der Waals surface area contributed by atoms with Crippen LogP contribution in [0, 0.1) is 6.92 Å². The highest BCUT2D eigenvalue weighted by Crippen LogP contribution is 2.30. The molecule has 28 heavy (non-hydrogen) atoms. The summed E-state index contributed by atoms with van der Waals surface area (Å²) in [5, 5.41) is 10.3. The average Bonchev–Trinajstić information content (AvgIpc) is 3.31. The van der Waals surface area contributed by atoms with Gasteiger partial charge in [0.1, 0.15) is 16.5 Å². The number of aromatic nitrogens is 1. The minimum atomic E-state index is -0.584. The second-order valence-electron chi connectivity index (χ2n) is 5.73. The highest BCUT2D eigenvalue weighted by molar-refractivity contribution is 7.17. The number of thiazole rings is 1. The number of carbonyl (C=O) groups excluding carboxylic acids is 2. The van der Waals surface area contributed by atoms with Crippen LogP contribution in [0.25, 0.3) is 10.6 Å². The van der Waals surface area contributed by atoms with Crippen LogP contribution in [0.15, 0.2) is 41.1 Å². The quantitative estimate of drug-likeness (QED) is 0.547. The van der Waals surface area contributed by atoms with E-state index in [-0.39, 0.29) is 12.5 Å². The fourth-order valence-corrected chi connectivity index (χ4v) is 4.02. The van der Waals surface area contributed by atoms with Gasteiger partial charge in [0.2, 0.25) is 0 Å². The molecular formula is C19H19N3O4S2. The van der Waals surface area contributed by atoms with Gasteiger partial charge in [-0.1, -0.05) is 6.07 Å². The molecule has 9 heteroatoms. The van der Waals surface area contributed by atoms with Gasteiger partial charge in [-0.05, 0) is 36.6 Å². The molecule has 2 heterocycles. The molecule has 3 rings (SSSR count). The maximum Gasteiger partial charge on any atom is 0.411 e. The SMILES string of the molecule is COCCOC(=O)Nc1cccc(NC(=O)c2sc(-c3ccsc3)nc2C)c1. The number of benzene rings is 1. The fraction of sp³-hybridized carbons (Fsp3) is 0.211. The normalized spacial score (nSPS) is 10.5. The molecule has 2 amide bonds. The molecule has 0 bridgehead atoms. The van der Waals surface area contributed by atoms with Crippen LogP contribution in [0.5, 0.6) is 0 Å². The third-order valence-corrected chi connectivity index (χ3v) is 5.55. The van der Waals surface area contributed by atoms with E-state index in [1.54, 1.807) is 35.6 Å². The molecule has 0 saturated carbocycles. The summed E-state index contributed by atoms with van der Waals surface area (Å²) in [6, 6.07) is 8.82. The molecule has 0 aliphatic rings. The zero-order valence-corrected chi connectivity index (χ0v) is 17.0. The van der Waals surface area contributed by atoms with E-state index in [2.05, 4.69) is 15.6 Å². The van der Waals surface area contributed by atoms with E-state index in [4.69, 9.17) is 9.47 Å². The second kappa shape index (κ2) is 9.45. The monoisotopic (exact) mass is 417 g/mol. The Labute approximate surface area is 170 Å². The molecule has 2 aromatic heterocycles. The summed E-state index contributed by atoms with van der Waals surface area (Å²) in [4.78, 5) is 29.4. The summed E-state index contributed by atoms with van der Waals surface area (Å²) in [7, 11) is 1.53. The van der Waals surface area contributed by atoms with Crippen molar-refractivity contribution >= 4 is 46.0 Å². The standard InChI is InChI=1S/C19H19N3O4S2/c1-12-16(28-18(20-12)13-6-9-27-11-13)17(23)21-14-4-3-5-15(10-14)22-19(24)26-8-7-25-2/h3-6,9-11H,7-8H2,1-2H3,(H,21,23)(H,22,24). The van der Waals surface area contributed by atoms with Gasteiger partial charge >= 0.3 is 6.09 Å². The summed E-state index contributed by atoms with van der Waals surface area (Å²) in [6.07, 6.45) is -0.584. The van der Waals surface area contributed by atoms with Gasteiger partial charge in [-0.2, -0.15) is 11.3 Å². The number of anilines is 2. The van der Waals surface area contributed by atoms with Gasteiger partial charge in [0.25, 0.3) is 5.91 Å². The predicted octanol–water partition coefficient (Wildman–Crippen LogP) is 4.63. The van der Waals surface area contributed by atoms with E-state index in [0.29, 0.717) is 28.6 Å². The minimum Gasteiger partial charge on any atom is -0.447 e. The van der Waals surface area contributed by atoms with Crippen LogP contribution in [0.4, 0.5) is 16.2 Å². The van der Waals surface area contributed by atoms with Crippen molar-refractivity contribution in [1.29, 1.82) is 0 Å². The molecule has 0 unspecified atom stereocenters. The number of nitrogens with one attached hydrogen (secondary N) is 2. The van der Waals surface area contributed by atoms with Gasteiger partial charge in [-0.25, -0.2) is 9.78 Å². The number of rotatable bonds is 7. The second-order valence-corrected chi connectivity index (χ2v) is 7.51. The minimum absolute atomic E-state index is 0.163. The molecule has 146 valence electrons. The molecule has 0 aliphatic heterocycles. The Morgan fingerprint density at radius 3 is 2.64 bits per heavy atom. The topological polar surface area (TPSA) is 89.5 Å². The Morgan fingerprint density at radius 1 is 1.14 bits per heavy atom. The maximum absolute atomic E-state index is 12.7. The molecule has 0 spiro atoms. The van der Waals surface area contributed by atoms with Crippen LogP contribution in [-0.4, -0.2) is 37.3 Å². The lowest BCUT2D eigenvalue weighted by atomic mass is 10.2. The van der Waals surface area contributed by atoms with Crippen molar-refractivity contribution in [3.8, 4) is 10.6 Å². The Hall–Kier alpha value is -2.75. The predicted molar refractivity (Wildman–Crippen MR) is 111 cm³/mol. The first kappa shape index (κ1) is 20.0. The van der Waals surface area contributed by atoms with Crippen LogP contribution in [-0.2, 0) is 9.47 Å². The lowest BCUT2D eigenvalue weighted by Gasteiger charge is -2.09. The molecule has 3 aromatic rings. The summed E-state index contributed by atoms with van der Waals surface area (Å²) in [5.41, 5.74) is 2.76. The lowest BCUT2D eigenvalue weighted by molar-refractivity contribution is 0.102. The molecule has 1 aromatic carbocycles. The first-order chi connectivity index (χ1) is 13.6. The van der Waals surface area contributed by atoms with Crippen molar-refractivity contribution in [3.05, 3.63) is 51.7 Å². The number of thiophene rings is 1. The van der Waals surface area contributed by atoms with Gasteiger partial charge in [-0.15, -0.1) is 11.3 Å². The number of methoxy groups -OCH3 is 1. The molecular weight excluding hydrogens is 398 g/mol. The number of hydrogen-bond donors (Lipinski definition) is 2. The highest BCUT2D eigenvalue weighted by atomic mass is 32.1. The third kappa shape index (κ3) is 5.16. The highest BCUT2D eigenvalue weighted by Gasteiger charge is 2.17. The van der Waals surface area contributed by atoms with Crippen LogP contribution >= 0.6 is 22.7 Å². The van der Waals surface area contributed by atoms with E-state index in [9.17, 15) is 9.59 Å². The first-order valence-electron chi connectivity index (χ1n) is 8.41. The van der Waals surface area contributed by atoms with Crippen molar-refractivity contribution in [2.24, 2.45) is 0 Å². The number of aryl methyl sites for hydroxylation is 1. The van der Waals surface area contributed by atoms with Crippen LogP contribution in [0.3, 0.4) is 0 Å². The summed E-state index contributed by atoms with van der Waals surface area (Å²) < 4.78 is 9.79. The van der Waals surface area contributed by atoms with Crippen molar-refractivity contribution in [2.45, 2.75) is 6.92 Å². The maximum atomic E-state index is 12.7. The third-order valence-electron chi connectivity index (χ3n) is 3.66. The molecule has 0 fully saturated rings. The average molecular weight is 418 g/mol. The number of nitrogens with zero attached hydrogens (tertiary/aromatic N) is 1. The first-order valence-corrected chi connectivity index (χ1v) is 10.2. The van der Waals surface area contributed by atoms with Gasteiger partial charge in [-0.3, -0.25) is 10.1 Å². The smallest absolute Gasteiger partial charge is 0.411 e. The summed E-state index contributed by atoms with van der Waals surface area (Å²) >= 11 is 2.94. The van der Waals surface area contributed by atoms with E-state index in [0.717, 1.165) is 10.6 Å². The Bertz CT molecular complexity index is 954. The van der Waals surface area contributed by atoms with Gasteiger partial charge in [0, 0.05) is 29.4 Å². The van der Waals surface area contributed by atoms with Crippen LogP contribution in [0.2, 0.25) is 0 Å². The van der Waals surface area contributed by atoms with Gasteiger partial charge in [0.05, 0.1) is 12.3 Å². The molecule has 0 saturated heterocycles. The zero-order chi connectivity index (χ0) is 19.9. The van der Waals surface area contributed by atoms with Gasteiger partial charge in [0.15, 0.2) is 0 Å². The number of amides is 2. The Kier molecular flexibility index (Phi) is 6.75. The van der Waals surface area contributed by atoms with Crippen molar-refractivity contribution < 1.29 is 19.1 Å². The zero-order valence-electron chi connectivity index (χ0n) is 15.4. The van der Waals surface area contributed by atoms with Crippen molar-refractivity contribution in [2.75, 3.05) is 31.0 Å². The van der Waals surface area contributed by atoms with Crippen molar-refractivity contribution in [1.82, 2.24) is 4.98 Å². The Morgan fingerprint density at radius 2 is 1.93 bits per heavy atom. The van der Waals surface area contributed by atoms with Crippen molar-refractivity contribution in [3.63, 3.8) is 0 Å². The van der Waals surface area contributed by atoms with Crippen LogP contribution < -0.4 is 10.6 Å². The molecule has 0 radical (unpaired) electrons. The van der Waals surface area contributed by atoms with Crippen LogP contribution in [0.1, 0.15) is 15.4 Å². The number of hydrogen-bond acceptors (Lipinski definition) is 7. The molecule has 2 N–H and O–H groups in total.